The molecule has 0 aromatic heterocycles. The molecule has 0 aromatic rings. The summed E-state index contributed by atoms with van der Waals surface area (Å²) >= 11 is 0. The number of hydrogen-bond acceptors (Lipinski definition) is 4. The molecular formula is C12H26BNO2S2. The van der Waals surface area contributed by atoms with Crippen molar-refractivity contribution >= 4 is 35.5 Å². The lowest BCUT2D eigenvalue weighted by Gasteiger charge is -2.22. The Morgan fingerprint density at radius 3 is 2.39 bits per heavy atom. The highest BCUT2D eigenvalue weighted by atomic mass is 33.1. The summed E-state index contributed by atoms with van der Waals surface area (Å²) in [4.78, 5) is 11.4. The number of ether oxygens (including phenoxy) is 1. The van der Waals surface area contributed by atoms with Crippen molar-refractivity contribution in [2.45, 2.75) is 57.7 Å². The highest BCUT2D eigenvalue weighted by Crippen LogP contribution is 2.38. The minimum atomic E-state index is -0.422. The van der Waals surface area contributed by atoms with Gasteiger partial charge in [-0.1, -0.05) is 27.9 Å². The number of amides is 1. The zero-order valence-electron chi connectivity index (χ0n) is 12.5. The fourth-order valence-corrected chi connectivity index (χ4v) is 3.94. The Hall–Kier alpha value is 0.0349. The van der Waals surface area contributed by atoms with Crippen LogP contribution in [0, 0.1) is 0 Å². The molecule has 0 radical (unpaired) electrons. The van der Waals surface area contributed by atoms with Crippen LogP contribution < -0.4 is 5.32 Å². The van der Waals surface area contributed by atoms with E-state index in [2.05, 4.69) is 27.0 Å². The van der Waals surface area contributed by atoms with Crippen molar-refractivity contribution in [3.8, 4) is 0 Å². The largest absolute Gasteiger partial charge is 0.444 e. The van der Waals surface area contributed by atoms with Gasteiger partial charge in [-0.25, -0.2) is 4.79 Å². The molecule has 0 aliphatic carbocycles. The van der Waals surface area contributed by atoms with E-state index in [9.17, 15) is 4.79 Å². The van der Waals surface area contributed by atoms with E-state index in [1.807, 2.05) is 31.6 Å². The van der Waals surface area contributed by atoms with Gasteiger partial charge in [0.15, 0.2) is 0 Å². The molecular weight excluding hydrogens is 265 g/mol. The highest BCUT2D eigenvalue weighted by Gasteiger charge is 2.18. The van der Waals surface area contributed by atoms with Crippen LogP contribution >= 0.6 is 21.6 Å². The molecule has 0 aromatic carbocycles. The van der Waals surface area contributed by atoms with Gasteiger partial charge in [-0.3, -0.25) is 0 Å². The summed E-state index contributed by atoms with van der Waals surface area (Å²) in [6.45, 7) is 10.8. The first-order valence-electron chi connectivity index (χ1n) is 6.44. The second-order valence-corrected chi connectivity index (χ2v) is 8.97. The molecule has 0 rings (SSSR count). The molecule has 0 unspecified atom stereocenters. The van der Waals surface area contributed by atoms with Crippen LogP contribution in [-0.4, -0.2) is 36.6 Å². The fraction of sp³-hybridized carbons (Fsp3) is 0.917. The number of carbonyl (C=O) groups is 1. The smallest absolute Gasteiger partial charge is 0.407 e. The first-order valence-corrected chi connectivity index (χ1v) is 8.75. The molecule has 1 amide bonds. The highest BCUT2D eigenvalue weighted by molar-refractivity contribution is 8.77. The average Bonchev–Trinajstić information content (AvgIpc) is 2.13. The molecule has 0 spiro atoms. The third-order valence-electron chi connectivity index (χ3n) is 1.99. The summed E-state index contributed by atoms with van der Waals surface area (Å²) in [6.07, 6.45) is 2.09. The van der Waals surface area contributed by atoms with Crippen LogP contribution in [0.2, 0.25) is 6.32 Å². The van der Waals surface area contributed by atoms with E-state index in [1.54, 1.807) is 10.8 Å². The minimum absolute atomic E-state index is 0.311. The Kier molecular flexibility index (Phi) is 8.27. The maximum absolute atomic E-state index is 11.4. The van der Waals surface area contributed by atoms with E-state index in [0.717, 1.165) is 5.75 Å². The summed E-state index contributed by atoms with van der Waals surface area (Å²) in [7, 11) is 5.90. The van der Waals surface area contributed by atoms with Gasteiger partial charge in [-0.05, 0) is 41.0 Å². The molecule has 0 bridgehead atoms. The predicted molar refractivity (Wildman–Crippen MR) is 86.3 cm³/mol. The molecule has 0 saturated carbocycles. The fourth-order valence-electron chi connectivity index (χ4n) is 1.35. The summed E-state index contributed by atoms with van der Waals surface area (Å²) < 4.78 is 5.47. The number of carbonyl (C=O) groups excluding carboxylic acids is 1. The molecule has 0 fully saturated rings. The van der Waals surface area contributed by atoms with Gasteiger partial charge in [0, 0.05) is 17.0 Å². The quantitative estimate of drug-likeness (QED) is 0.444. The zero-order valence-corrected chi connectivity index (χ0v) is 14.1. The maximum atomic E-state index is 11.4. The van der Waals surface area contributed by atoms with E-state index < -0.39 is 5.60 Å². The Morgan fingerprint density at radius 1 is 1.28 bits per heavy atom. The summed E-state index contributed by atoms with van der Waals surface area (Å²) in [6, 6.07) is 0. The van der Waals surface area contributed by atoms with Crippen LogP contribution in [0.5, 0.6) is 0 Å². The molecule has 18 heavy (non-hydrogen) atoms. The van der Waals surface area contributed by atoms with E-state index in [4.69, 9.17) is 4.74 Å². The van der Waals surface area contributed by atoms with E-state index in [0.29, 0.717) is 11.3 Å². The van der Waals surface area contributed by atoms with Crippen LogP contribution in [0.15, 0.2) is 0 Å². The number of alkyl carbamates (subject to hydrolysis) is 1. The average molecular weight is 291 g/mol. The topological polar surface area (TPSA) is 38.3 Å². The minimum Gasteiger partial charge on any atom is -0.444 e. The van der Waals surface area contributed by atoms with Crippen molar-refractivity contribution in [1.29, 1.82) is 0 Å². The maximum Gasteiger partial charge on any atom is 0.407 e. The molecule has 0 atom stereocenters. The Labute approximate surface area is 120 Å². The van der Waals surface area contributed by atoms with Gasteiger partial charge in [0.25, 0.3) is 0 Å². The molecule has 0 heterocycles. The van der Waals surface area contributed by atoms with Crippen LogP contribution in [0.3, 0.4) is 0 Å². The molecule has 0 saturated heterocycles. The van der Waals surface area contributed by atoms with E-state index >= 15 is 0 Å². The molecule has 3 nitrogen and oxygen atoms in total. The van der Waals surface area contributed by atoms with Gasteiger partial charge < -0.3 is 10.1 Å². The van der Waals surface area contributed by atoms with Gasteiger partial charge in [-0.2, -0.15) is 0 Å². The van der Waals surface area contributed by atoms with Crippen LogP contribution in [0.1, 0.15) is 41.0 Å². The normalized spacial score (nSPS) is 12.3. The van der Waals surface area contributed by atoms with Crippen molar-refractivity contribution < 1.29 is 9.53 Å². The van der Waals surface area contributed by atoms with Crippen LogP contribution in [0.4, 0.5) is 4.79 Å². The first kappa shape index (κ1) is 18.0. The summed E-state index contributed by atoms with van der Waals surface area (Å²) in [5.41, 5.74) is -0.422. The summed E-state index contributed by atoms with van der Waals surface area (Å²) in [5.74, 6) is 0.900. The lowest BCUT2D eigenvalue weighted by Crippen LogP contribution is -2.33. The third kappa shape index (κ3) is 11.1. The lowest BCUT2D eigenvalue weighted by atomic mass is 9.95. The van der Waals surface area contributed by atoms with Gasteiger partial charge >= 0.3 is 6.09 Å². The van der Waals surface area contributed by atoms with Crippen LogP contribution in [0.25, 0.3) is 0 Å². The zero-order chi connectivity index (χ0) is 14.2. The molecule has 106 valence electrons. The van der Waals surface area contributed by atoms with E-state index in [-0.39, 0.29) is 6.09 Å². The van der Waals surface area contributed by atoms with Crippen molar-refractivity contribution in [3.63, 3.8) is 0 Å². The van der Waals surface area contributed by atoms with Gasteiger partial charge in [0.05, 0.1) is 0 Å². The molecule has 0 aliphatic rings. The van der Waals surface area contributed by atoms with Gasteiger partial charge in [0.1, 0.15) is 13.4 Å². The van der Waals surface area contributed by atoms with Crippen molar-refractivity contribution in [2.75, 3.05) is 12.3 Å². The number of hydrogen-bond donors (Lipinski definition) is 1. The second-order valence-electron chi connectivity index (χ2n) is 5.84. The van der Waals surface area contributed by atoms with Gasteiger partial charge in [0.2, 0.25) is 0 Å². The van der Waals surface area contributed by atoms with Crippen LogP contribution in [-0.2, 0) is 4.74 Å². The summed E-state index contributed by atoms with van der Waals surface area (Å²) in [5, 5.41) is 2.76. The number of nitrogens with one attached hydrogen (secondary N) is 1. The molecule has 1 N–H and O–H groups in total. The van der Waals surface area contributed by atoms with Crippen molar-refractivity contribution in [3.05, 3.63) is 0 Å². The third-order valence-corrected chi connectivity index (χ3v) is 5.34. The van der Waals surface area contributed by atoms with E-state index in [1.165, 1.54) is 12.7 Å². The molecule has 6 heteroatoms. The molecule has 0 aliphatic heterocycles. The van der Waals surface area contributed by atoms with Crippen molar-refractivity contribution in [1.82, 2.24) is 5.32 Å². The lowest BCUT2D eigenvalue weighted by molar-refractivity contribution is 0.0531. The monoisotopic (exact) mass is 291 g/mol. The second kappa shape index (κ2) is 8.25. The predicted octanol–water partition coefficient (Wildman–Crippen LogP) is 3.11. The first-order chi connectivity index (χ1) is 8.16. The van der Waals surface area contributed by atoms with Crippen molar-refractivity contribution in [2.24, 2.45) is 0 Å². The Bertz CT molecular complexity index is 255. The Balaban J connectivity index is 3.60. The number of rotatable bonds is 7. The standard InChI is InChI=1S/C12H26BNO2S2/c1-11(2,3)16-10(15)14-8-9-17-18-12(4,5)6-7-13/h6-9,13H2,1-5H3,(H,14,15). The Morgan fingerprint density at radius 2 is 1.89 bits per heavy atom. The SMILES string of the molecule is BCCC(C)(C)SSCCNC(=O)OC(C)(C)C. The van der Waals surface area contributed by atoms with Gasteiger partial charge in [-0.15, -0.1) is 0 Å².